The second-order valence-electron chi connectivity index (χ2n) is 4.11. The van der Waals surface area contributed by atoms with Crippen molar-refractivity contribution in [3.05, 3.63) is 59.7 Å². The van der Waals surface area contributed by atoms with Crippen LogP contribution in [0.3, 0.4) is 0 Å². The molecule has 0 atom stereocenters. The van der Waals surface area contributed by atoms with Crippen molar-refractivity contribution >= 4 is 0 Å². The van der Waals surface area contributed by atoms with Crippen LogP contribution >= 0.6 is 0 Å². The molecule has 0 saturated carbocycles. The first-order valence-electron chi connectivity index (χ1n) is 6.17. The standard InChI is InChI=1S/C16H18O2/c1-3-13-9-10-15(16(11-13)17-2)18-12-14-7-5-4-6-8-14/h4-11H,3,12H2,1-2H3. The topological polar surface area (TPSA) is 18.5 Å². The van der Waals surface area contributed by atoms with E-state index in [0.29, 0.717) is 6.61 Å². The molecule has 2 aromatic carbocycles. The monoisotopic (exact) mass is 242 g/mol. The molecular weight excluding hydrogens is 224 g/mol. The van der Waals surface area contributed by atoms with Crippen LogP contribution in [-0.4, -0.2) is 7.11 Å². The molecule has 0 saturated heterocycles. The molecular formula is C16H18O2. The summed E-state index contributed by atoms with van der Waals surface area (Å²) in [6, 6.07) is 16.2. The SMILES string of the molecule is CCc1ccc(OCc2ccccc2)c(OC)c1. The number of hydrogen-bond donors (Lipinski definition) is 0. The van der Waals surface area contributed by atoms with E-state index in [9.17, 15) is 0 Å². The number of benzene rings is 2. The highest BCUT2D eigenvalue weighted by Crippen LogP contribution is 2.28. The molecule has 0 aromatic heterocycles. The summed E-state index contributed by atoms with van der Waals surface area (Å²) in [7, 11) is 1.67. The van der Waals surface area contributed by atoms with E-state index < -0.39 is 0 Å². The molecule has 0 amide bonds. The van der Waals surface area contributed by atoms with Gasteiger partial charge in [0, 0.05) is 0 Å². The van der Waals surface area contributed by atoms with Gasteiger partial charge >= 0.3 is 0 Å². The normalized spacial score (nSPS) is 10.1. The Hall–Kier alpha value is -1.96. The van der Waals surface area contributed by atoms with Gasteiger partial charge in [-0.3, -0.25) is 0 Å². The van der Waals surface area contributed by atoms with E-state index in [1.807, 2.05) is 42.5 Å². The summed E-state index contributed by atoms with van der Waals surface area (Å²) >= 11 is 0. The summed E-state index contributed by atoms with van der Waals surface area (Å²) < 4.78 is 11.1. The average molecular weight is 242 g/mol. The van der Waals surface area contributed by atoms with E-state index in [1.54, 1.807) is 7.11 Å². The highest BCUT2D eigenvalue weighted by Gasteiger charge is 2.05. The fourth-order valence-electron chi connectivity index (χ4n) is 1.79. The van der Waals surface area contributed by atoms with Crippen molar-refractivity contribution in [3.63, 3.8) is 0 Å². The number of aryl methyl sites for hydroxylation is 1. The molecule has 0 radical (unpaired) electrons. The Labute approximate surface area is 108 Å². The number of rotatable bonds is 5. The Kier molecular flexibility index (Phi) is 4.24. The Balaban J connectivity index is 2.09. The Morgan fingerprint density at radius 1 is 0.889 bits per heavy atom. The smallest absolute Gasteiger partial charge is 0.161 e. The van der Waals surface area contributed by atoms with Gasteiger partial charge in [0.05, 0.1) is 7.11 Å². The van der Waals surface area contributed by atoms with Gasteiger partial charge in [0.25, 0.3) is 0 Å². The van der Waals surface area contributed by atoms with Crippen LogP contribution in [0.1, 0.15) is 18.1 Å². The van der Waals surface area contributed by atoms with Gasteiger partial charge in [0.2, 0.25) is 0 Å². The van der Waals surface area contributed by atoms with Crippen molar-refractivity contribution in [1.82, 2.24) is 0 Å². The maximum atomic E-state index is 5.79. The molecule has 0 aliphatic heterocycles. The second-order valence-corrected chi connectivity index (χ2v) is 4.11. The van der Waals surface area contributed by atoms with Crippen LogP contribution in [0.25, 0.3) is 0 Å². The summed E-state index contributed by atoms with van der Waals surface area (Å²) in [6.07, 6.45) is 0.995. The summed E-state index contributed by atoms with van der Waals surface area (Å²) in [5.74, 6) is 1.59. The first-order valence-corrected chi connectivity index (χ1v) is 6.17. The molecule has 2 aromatic rings. The summed E-state index contributed by atoms with van der Waals surface area (Å²) in [6.45, 7) is 2.68. The lowest BCUT2D eigenvalue weighted by atomic mass is 10.1. The van der Waals surface area contributed by atoms with Crippen molar-refractivity contribution in [2.45, 2.75) is 20.0 Å². The first-order chi connectivity index (χ1) is 8.83. The number of methoxy groups -OCH3 is 1. The lowest BCUT2D eigenvalue weighted by Gasteiger charge is -2.11. The van der Waals surface area contributed by atoms with Crippen molar-refractivity contribution in [3.8, 4) is 11.5 Å². The van der Waals surface area contributed by atoms with Gasteiger partial charge in [-0.15, -0.1) is 0 Å². The maximum Gasteiger partial charge on any atom is 0.161 e. The van der Waals surface area contributed by atoms with Crippen LogP contribution in [0.4, 0.5) is 0 Å². The molecule has 2 nitrogen and oxygen atoms in total. The highest BCUT2D eigenvalue weighted by atomic mass is 16.5. The summed E-state index contributed by atoms with van der Waals surface area (Å²) in [4.78, 5) is 0. The third-order valence-electron chi connectivity index (χ3n) is 2.87. The molecule has 0 fully saturated rings. The molecule has 0 heterocycles. The number of hydrogen-bond acceptors (Lipinski definition) is 2. The molecule has 94 valence electrons. The molecule has 0 aliphatic carbocycles. The molecule has 0 N–H and O–H groups in total. The van der Waals surface area contributed by atoms with Crippen molar-refractivity contribution in [2.24, 2.45) is 0 Å². The molecule has 2 rings (SSSR count). The minimum atomic E-state index is 0.558. The van der Waals surface area contributed by atoms with Crippen LogP contribution in [0.2, 0.25) is 0 Å². The lowest BCUT2D eigenvalue weighted by Crippen LogP contribution is -1.98. The van der Waals surface area contributed by atoms with Gasteiger partial charge in [-0.1, -0.05) is 43.3 Å². The minimum absolute atomic E-state index is 0.558. The Morgan fingerprint density at radius 3 is 2.33 bits per heavy atom. The Bertz CT molecular complexity index is 492. The first kappa shape index (κ1) is 12.5. The second kappa shape index (κ2) is 6.10. The number of ether oxygens (including phenoxy) is 2. The minimum Gasteiger partial charge on any atom is -0.493 e. The van der Waals surface area contributed by atoms with Crippen LogP contribution in [0, 0.1) is 0 Å². The van der Waals surface area contributed by atoms with Gasteiger partial charge in [-0.25, -0.2) is 0 Å². The quantitative estimate of drug-likeness (QED) is 0.793. The van der Waals surface area contributed by atoms with Crippen LogP contribution < -0.4 is 9.47 Å². The zero-order valence-corrected chi connectivity index (χ0v) is 10.8. The van der Waals surface area contributed by atoms with E-state index in [2.05, 4.69) is 13.0 Å². The van der Waals surface area contributed by atoms with Crippen LogP contribution in [-0.2, 0) is 13.0 Å². The van der Waals surface area contributed by atoms with Gasteiger partial charge < -0.3 is 9.47 Å². The average Bonchev–Trinajstić information content (AvgIpc) is 2.46. The van der Waals surface area contributed by atoms with Gasteiger partial charge in [-0.05, 0) is 29.7 Å². The predicted octanol–water partition coefficient (Wildman–Crippen LogP) is 3.84. The fourth-order valence-corrected chi connectivity index (χ4v) is 1.79. The van der Waals surface area contributed by atoms with Gasteiger partial charge in [-0.2, -0.15) is 0 Å². The zero-order chi connectivity index (χ0) is 12.8. The fraction of sp³-hybridized carbons (Fsp3) is 0.250. The molecule has 18 heavy (non-hydrogen) atoms. The van der Waals surface area contributed by atoms with Gasteiger partial charge in [0.15, 0.2) is 11.5 Å². The lowest BCUT2D eigenvalue weighted by molar-refractivity contribution is 0.284. The van der Waals surface area contributed by atoms with Crippen molar-refractivity contribution in [2.75, 3.05) is 7.11 Å². The summed E-state index contributed by atoms with van der Waals surface area (Å²) in [5, 5.41) is 0. The Morgan fingerprint density at radius 2 is 1.67 bits per heavy atom. The third kappa shape index (κ3) is 3.04. The van der Waals surface area contributed by atoms with Crippen molar-refractivity contribution in [1.29, 1.82) is 0 Å². The van der Waals surface area contributed by atoms with E-state index >= 15 is 0 Å². The van der Waals surface area contributed by atoms with E-state index in [0.717, 1.165) is 23.5 Å². The van der Waals surface area contributed by atoms with E-state index in [1.165, 1.54) is 5.56 Å². The van der Waals surface area contributed by atoms with Crippen LogP contribution in [0.5, 0.6) is 11.5 Å². The third-order valence-corrected chi connectivity index (χ3v) is 2.87. The van der Waals surface area contributed by atoms with E-state index in [-0.39, 0.29) is 0 Å². The van der Waals surface area contributed by atoms with E-state index in [4.69, 9.17) is 9.47 Å². The molecule has 2 heteroatoms. The highest BCUT2D eigenvalue weighted by molar-refractivity contribution is 5.43. The zero-order valence-electron chi connectivity index (χ0n) is 10.8. The largest absolute Gasteiger partial charge is 0.493 e. The van der Waals surface area contributed by atoms with Gasteiger partial charge in [0.1, 0.15) is 6.61 Å². The molecule has 0 bridgehead atoms. The molecule has 0 unspecified atom stereocenters. The molecule has 0 aliphatic rings. The summed E-state index contributed by atoms with van der Waals surface area (Å²) in [5.41, 5.74) is 2.40. The van der Waals surface area contributed by atoms with Crippen LogP contribution in [0.15, 0.2) is 48.5 Å². The van der Waals surface area contributed by atoms with Crippen molar-refractivity contribution < 1.29 is 9.47 Å². The maximum absolute atomic E-state index is 5.79. The predicted molar refractivity (Wildman–Crippen MR) is 73.1 cm³/mol. The molecule has 0 spiro atoms.